The van der Waals surface area contributed by atoms with Crippen LogP contribution in [-0.4, -0.2) is 4.98 Å². The minimum Gasteiger partial charge on any atom is -0.322 e. The van der Waals surface area contributed by atoms with E-state index in [1.807, 2.05) is 24.4 Å². The zero-order valence-corrected chi connectivity index (χ0v) is 10.6. The van der Waals surface area contributed by atoms with Crippen LogP contribution in [0, 0.1) is 6.92 Å². The van der Waals surface area contributed by atoms with Gasteiger partial charge in [0.15, 0.2) is 0 Å². The van der Waals surface area contributed by atoms with Crippen molar-refractivity contribution in [1.82, 2.24) is 4.98 Å². The maximum Gasteiger partial charge on any atom is 0.0795 e. The van der Waals surface area contributed by atoms with Crippen molar-refractivity contribution in [3.8, 4) is 0 Å². The van der Waals surface area contributed by atoms with Crippen LogP contribution < -0.4 is 5.73 Å². The second-order valence-corrected chi connectivity index (χ2v) is 4.94. The van der Waals surface area contributed by atoms with Gasteiger partial charge in [-0.1, -0.05) is 23.7 Å². The summed E-state index contributed by atoms with van der Waals surface area (Å²) in [5, 5.41) is 2.76. The van der Waals surface area contributed by atoms with E-state index >= 15 is 0 Å². The van der Waals surface area contributed by atoms with E-state index < -0.39 is 0 Å². The van der Waals surface area contributed by atoms with E-state index in [-0.39, 0.29) is 6.04 Å². The van der Waals surface area contributed by atoms with E-state index in [0.29, 0.717) is 0 Å². The van der Waals surface area contributed by atoms with Crippen LogP contribution in [0.25, 0.3) is 0 Å². The SMILES string of the molecule is Cc1ccc(CC(N)c2cscn2)c(Cl)c1. The van der Waals surface area contributed by atoms with Crippen LogP contribution in [0.4, 0.5) is 0 Å². The van der Waals surface area contributed by atoms with Crippen molar-refractivity contribution in [3.63, 3.8) is 0 Å². The lowest BCUT2D eigenvalue weighted by Gasteiger charge is -2.10. The zero-order chi connectivity index (χ0) is 11.5. The first-order valence-electron chi connectivity index (χ1n) is 5.05. The molecule has 1 heterocycles. The van der Waals surface area contributed by atoms with Crippen molar-refractivity contribution in [3.05, 3.63) is 50.9 Å². The number of benzene rings is 1. The topological polar surface area (TPSA) is 38.9 Å². The quantitative estimate of drug-likeness (QED) is 0.910. The number of nitrogens with two attached hydrogens (primary N) is 1. The van der Waals surface area contributed by atoms with E-state index in [0.717, 1.165) is 28.3 Å². The molecule has 2 rings (SSSR count). The molecule has 0 amide bonds. The molecule has 1 aromatic carbocycles. The number of aryl methyl sites for hydroxylation is 1. The molecule has 2 nitrogen and oxygen atoms in total. The highest BCUT2D eigenvalue weighted by Gasteiger charge is 2.11. The Morgan fingerprint density at radius 3 is 2.94 bits per heavy atom. The average Bonchev–Trinajstić information content (AvgIpc) is 2.75. The largest absolute Gasteiger partial charge is 0.322 e. The summed E-state index contributed by atoms with van der Waals surface area (Å²) in [7, 11) is 0. The van der Waals surface area contributed by atoms with Crippen molar-refractivity contribution < 1.29 is 0 Å². The first-order valence-corrected chi connectivity index (χ1v) is 6.37. The Kier molecular flexibility index (Phi) is 3.59. The van der Waals surface area contributed by atoms with E-state index in [1.165, 1.54) is 0 Å². The molecule has 0 aliphatic heterocycles. The molecule has 0 aliphatic carbocycles. The lowest BCUT2D eigenvalue weighted by molar-refractivity contribution is 0.702. The Balaban J connectivity index is 2.15. The maximum absolute atomic E-state index is 6.16. The third-order valence-corrected chi connectivity index (χ3v) is 3.44. The molecule has 0 bridgehead atoms. The summed E-state index contributed by atoms with van der Waals surface area (Å²) in [4.78, 5) is 4.21. The average molecular weight is 253 g/mol. The number of aromatic nitrogens is 1. The Hall–Kier alpha value is -0.900. The summed E-state index contributed by atoms with van der Waals surface area (Å²) in [6.07, 6.45) is 0.725. The van der Waals surface area contributed by atoms with E-state index in [1.54, 1.807) is 16.8 Å². The third-order valence-electron chi connectivity index (χ3n) is 2.48. The number of nitrogens with zero attached hydrogens (tertiary/aromatic N) is 1. The molecule has 0 saturated heterocycles. The van der Waals surface area contributed by atoms with Crippen molar-refractivity contribution >= 4 is 22.9 Å². The smallest absolute Gasteiger partial charge is 0.0795 e. The molecule has 84 valence electrons. The lowest BCUT2D eigenvalue weighted by atomic mass is 10.0. The number of halogens is 1. The van der Waals surface area contributed by atoms with Gasteiger partial charge in [-0.2, -0.15) is 0 Å². The molecular weight excluding hydrogens is 240 g/mol. The Morgan fingerprint density at radius 1 is 1.50 bits per heavy atom. The van der Waals surface area contributed by atoms with Gasteiger partial charge in [0.2, 0.25) is 0 Å². The number of thiazole rings is 1. The molecule has 1 atom stereocenters. The van der Waals surface area contributed by atoms with E-state index in [2.05, 4.69) is 11.1 Å². The molecule has 0 saturated carbocycles. The van der Waals surface area contributed by atoms with Gasteiger partial charge in [0.05, 0.1) is 17.2 Å². The van der Waals surface area contributed by atoms with Crippen molar-refractivity contribution in [2.45, 2.75) is 19.4 Å². The predicted octanol–water partition coefficient (Wildman–Crippen LogP) is 3.35. The first-order chi connectivity index (χ1) is 7.66. The molecule has 0 fully saturated rings. The fourth-order valence-electron chi connectivity index (χ4n) is 1.56. The van der Waals surface area contributed by atoms with Crippen LogP contribution in [0.3, 0.4) is 0 Å². The van der Waals surface area contributed by atoms with Gasteiger partial charge in [-0.3, -0.25) is 0 Å². The highest BCUT2D eigenvalue weighted by atomic mass is 35.5. The molecular formula is C12H13ClN2S. The first kappa shape index (κ1) is 11.6. The van der Waals surface area contributed by atoms with Crippen molar-refractivity contribution in [2.75, 3.05) is 0 Å². The third kappa shape index (κ3) is 2.61. The van der Waals surface area contributed by atoms with Crippen molar-refractivity contribution in [2.24, 2.45) is 5.73 Å². The molecule has 2 aromatic rings. The molecule has 16 heavy (non-hydrogen) atoms. The van der Waals surface area contributed by atoms with Gasteiger partial charge in [-0.05, 0) is 30.5 Å². The van der Waals surface area contributed by atoms with Gasteiger partial charge >= 0.3 is 0 Å². The number of hydrogen-bond acceptors (Lipinski definition) is 3. The predicted molar refractivity (Wildman–Crippen MR) is 68.9 cm³/mol. The monoisotopic (exact) mass is 252 g/mol. The second-order valence-electron chi connectivity index (χ2n) is 3.82. The Bertz CT molecular complexity index is 468. The number of hydrogen-bond donors (Lipinski definition) is 1. The zero-order valence-electron chi connectivity index (χ0n) is 8.98. The summed E-state index contributed by atoms with van der Waals surface area (Å²) in [5.74, 6) is 0. The maximum atomic E-state index is 6.16. The van der Waals surface area contributed by atoms with Gasteiger partial charge < -0.3 is 5.73 Å². The van der Waals surface area contributed by atoms with E-state index in [4.69, 9.17) is 17.3 Å². The van der Waals surface area contributed by atoms with E-state index in [9.17, 15) is 0 Å². The minimum absolute atomic E-state index is 0.0774. The normalized spacial score (nSPS) is 12.7. The van der Waals surface area contributed by atoms with Crippen LogP contribution in [0.2, 0.25) is 5.02 Å². The number of rotatable bonds is 3. The van der Waals surface area contributed by atoms with Gasteiger partial charge in [0, 0.05) is 10.4 Å². The molecule has 0 spiro atoms. The molecule has 2 N–H and O–H groups in total. The van der Waals surface area contributed by atoms with Crippen LogP contribution in [0.5, 0.6) is 0 Å². The highest BCUT2D eigenvalue weighted by Crippen LogP contribution is 2.23. The summed E-state index contributed by atoms with van der Waals surface area (Å²) in [6.45, 7) is 2.02. The molecule has 1 aromatic heterocycles. The van der Waals surface area contributed by atoms with Crippen LogP contribution in [0.1, 0.15) is 22.9 Å². The second kappa shape index (κ2) is 4.95. The summed E-state index contributed by atoms with van der Waals surface area (Å²) in [5.41, 5.74) is 11.0. The van der Waals surface area contributed by atoms with Crippen LogP contribution in [0.15, 0.2) is 29.1 Å². The summed E-state index contributed by atoms with van der Waals surface area (Å²) < 4.78 is 0. The molecule has 0 aliphatic rings. The van der Waals surface area contributed by atoms with Gasteiger partial charge in [0.1, 0.15) is 0 Å². The van der Waals surface area contributed by atoms with Crippen molar-refractivity contribution in [1.29, 1.82) is 0 Å². The molecule has 0 radical (unpaired) electrons. The Labute approximate surface area is 104 Å². The van der Waals surface area contributed by atoms with Crippen LogP contribution in [-0.2, 0) is 6.42 Å². The fraction of sp³-hybridized carbons (Fsp3) is 0.250. The highest BCUT2D eigenvalue weighted by molar-refractivity contribution is 7.07. The minimum atomic E-state index is -0.0774. The molecule has 1 unspecified atom stereocenters. The van der Waals surface area contributed by atoms with Crippen LogP contribution >= 0.6 is 22.9 Å². The standard InChI is InChI=1S/C12H13ClN2S/c1-8-2-3-9(10(13)4-8)5-11(14)12-6-16-7-15-12/h2-4,6-7,11H,5,14H2,1H3. The summed E-state index contributed by atoms with van der Waals surface area (Å²) >= 11 is 7.72. The van der Waals surface area contributed by atoms with Gasteiger partial charge in [-0.25, -0.2) is 4.98 Å². The fourth-order valence-corrected chi connectivity index (χ4v) is 2.50. The molecule has 4 heteroatoms. The van der Waals surface area contributed by atoms with Gasteiger partial charge in [-0.15, -0.1) is 11.3 Å². The summed E-state index contributed by atoms with van der Waals surface area (Å²) in [6, 6.07) is 5.97. The lowest BCUT2D eigenvalue weighted by Crippen LogP contribution is -2.13. The Morgan fingerprint density at radius 2 is 2.31 bits per heavy atom. The van der Waals surface area contributed by atoms with Gasteiger partial charge in [0.25, 0.3) is 0 Å².